The van der Waals surface area contributed by atoms with Crippen molar-refractivity contribution in [3.8, 4) is 0 Å². The topological polar surface area (TPSA) is 36.4 Å². The fraction of sp³-hybridized carbons (Fsp3) is 0.778. The lowest BCUT2D eigenvalue weighted by Gasteiger charge is -2.29. The van der Waals surface area contributed by atoms with E-state index >= 15 is 0 Å². The summed E-state index contributed by atoms with van der Waals surface area (Å²) in [4.78, 5) is 21.6. The van der Waals surface area contributed by atoms with Crippen LogP contribution in [0, 0.1) is 11.8 Å². The minimum Gasteiger partial charge on any atom is -0.341 e. The van der Waals surface area contributed by atoms with Gasteiger partial charge in [0.25, 0.3) is 0 Å². The van der Waals surface area contributed by atoms with E-state index in [9.17, 15) is 4.79 Å². The fourth-order valence-electron chi connectivity index (χ4n) is 4.04. The molecule has 1 amide bonds. The van der Waals surface area contributed by atoms with Crippen molar-refractivity contribution in [1.29, 1.82) is 0 Å². The van der Waals surface area contributed by atoms with Gasteiger partial charge in [-0.05, 0) is 31.1 Å². The third-order valence-corrected chi connectivity index (χ3v) is 5.95. The highest BCUT2D eigenvalue weighted by molar-refractivity contribution is 7.07. The van der Waals surface area contributed by atoms with Gasteiger partial charge in [0.1, 0.15) is 0 Å². The second-order valence-corrected chi connectivity index (χ2v) is 8.05. The molecule has 0 radical (unpaired) electrons. The molecule has 2 heterocycles. The zero-order valence-electron chi connectivity index (χ0n) is 14.2. The molecular weight excluding hydrogens is 306 g/mol. The van der Waals surface area contributed by atoms with E-state index in [2.05, 4.69) is 27.1 Å². The standard InChI is InChI=1S/C18H29N3OS/c1-15-4-2-5-16(10-15)11-18(22)21-7-3-6-20(8-9-21)12-17-13-23-14-19-17/h13-16H,2-12H2,1H3/t15-,16-/m1/s1. The van der Waals surface area contributed by atoms with Crippen LogP contribution in [-0.4, -0.2) is 46.9 Å². The number of hydrogen-bond donors (Lipinski definition) is 0. The molecule has 0 aromatic carbocycles. The zero-order valence-corrected chi connectivity index (χ0v) is 15.1. The van der Waals surface area contributed by atoms with E-state index < -0.39 is 0 Å². The highest BCUT2D eigenvalue weighted by Crippen LogP contribution is 2.31. The third kappa shape index (κ3) is 5.01. The number of amides is 1. The summed E-state index contributed by atoms with van der Waals surface area (Å²) in [5, 5.41) is 2.12. The largest absolute Gasteiger partial charge is 0.341 e. The van der Waals surface area contributed by atoms with Crippen LogP contribution < -0.4 is 0 Å². The highest BCUT2D eigenvalue weighted by Gasteiger charge is 2.25. The molecule has 0 spiro atoms. The van der Waals surface area contributed by atoms with Crippen LogP contribution >= 0.6 is 11.3 Å². The Bertz CT molecular complexity index is 490. The van der Waals surface area contributed by atoms with E-state index in [4.69, 9.17) is 0 Å². The van der Waals surface area contributed by atoms with Gasteiger partial charge in [-0.15, -0.1) is 11.3 Å². The first-order chi connectivity index (χ1) is 11.2. The van der Waals surface area contributed by atoms with Crippen LogP contribution in [0.1, 0.15) is 51.1 Å². The van der Waals surface area contributed by atoms with Gasteiger partial charge in [-0.25, -0.2) is 4.98 Å². The third-order valence-electron chi connectivity index (χ3n) is 5.32. The second-order valence-electron chi connectivity index (χ2n) is 7.33. The van der Waals surface area contributed by atoms with Gasteiger partial charge in [-0.2, -0.15) is 0 Å². The number of thiazole rings is 1. The van der Waals surface area contributed by atoms with Crippen LogP contribution in [0.3, 0.4) is 0 Å². The number of rotatable bonds is 4. The number of aromatic nitrogens is 1. The molecule has 1 aromatic rings. The minimum absolute atomic E-state index is 0.389. The van der Waals surface area contributed by atoms with E-state index in [0.717, 1.165) is 57.2 Å². The molecule has 0 N–H and O–H groups in total. The molecule has 4 nitrogen and oxygen atoms in total. The summed E-state index contributed by atoms with van der Waals surface area (Å²) in [7, 11) is 0. The van der Waals surface area contributed by atoms with Crippen LogP contribution in [0.4, 0.5) is 0 Å². The molecule has 2 fully saturated rings. The summed E-state index contributed by atoms with van der Waals surface area (Å²) < 4.78 is 0. The lowest BCUT2D eigenvalue weighted by Crippen LogP contribution is -2.36. The molecule has 1 aromatic heterocycles. The van der Waals surface area contributed by atoms with Crippen molar-refractivity contribution < 1.29 is 4.79 Å². The maximum absolute atomic E-state index is 12.6. The molecule has 128 valence electrons. The maximum atomic E-state index is 12.6. The molecule has 23 heavy (non-hydrogen) atoms. The summed E-state index contributed by atoms with van der Waals surface area (Å²) in [5.41, 5.74) is 3.06. The van der Waals surface area contributed by atoms with Crippen molar-refractivity contribution in [2.75, 3.05) is 26.2 Å². The van der Waals surface area contributed by atoms with Crippen molar-refractivity contribution in [2.45, 2.75) is 52.0 Å². The number of carbonyl (C=O) groups excluding carboxylic acids is 1. The maximum Gasteiger partial charge on any atom is 0.222 e. The second kappa shape index (κ2) is 8.25. The van der Waals surface area contributed by atoms with Crippen molar-refractivity contribution >= 4 is 17.2 Å². The van der Waals surface area contributed by atoms with E-state index in [1.165, 1.54) is 25.7 Å². The Hall–Kier alpha value is -0.940. The average Bonchev–Trinajstić information content (AvgIpc) is 2.91. The Kier molecular flexibility index (Phi) is 6.06. The Labute approximate surface area is 143 Å². The zero-order chi connectivity index (χ0) is 16.1. The summed E-state index contributed by atoms with van der Waals surface area (Å²) in [6.07, 6.45) is 7.00. The van der Waals surface area contributed by atoms with Gasteiger partial charge in [0.15, 0.2) is 0 Å². The molecule has 5 heteroatoms. The first kappa shape index (κ1) is 16.9. The monoisotopic (exact) mass is 335 g/mol. The van der Waals surface area contributed by atoms with Gasteiger partial charge in [0.05, 0.1) is 11.2 Å². The van der Waals surface area contributed by atoms with Gasteiger partial charge < -0.3 is 4.90 Å². The van der Waals surface area contributed by atoms with Crippen molar-refractivity contribution in [1.82, 2.24) is 14.8 Å². The van der Waals surface area contributed by atoms with Crippen LogP contribution in [-0.2, 0) is 11.3 Å². The van der Waals surface area contributed by atoms with Crippen LogP contribution in [0.15, 0.2) is 10.9 Å². The molecule has 1 aliphatic heterocycles. The molecule has 0 unspecified atom stereocenters. The summed E-state index contributed by atoms with van der Waals surface area (Å²) in [5.74, 6) is 1.82. The smallest absolute Gasteiger partial charge is 0.222 e. The Balaban J connectivity index is 1.46. The predicted molar refractivity (Wildman–Crippen MR) is 94.3 cm³/mol. The van der Waals surface area contributed by atoms with Crippen LogP contribution in [0.25, 0.3) is 0 Å². The highest BCUT2D eigenvalue weighted by atomic mass is 32.1. The van der Waals surface area contributed by atoms with Crippen LogP contribution in [0.2, 0.25) is 0 Å². The molecular formula is C18H29N3OS. The number of hydrogen-bond acceptors (Lipinski definition) is 4. The average molecular weight is 336 g/mol. The Morgan fingerprint density at radius 2 is 2.17 bits per heavy atom. The van der Waals surface area contributed by atoms with Crippen molar-refractivity contribution in [3.05, 3.63) is 16.6 Å². The van der Waals surface area contributed by atoms with Crippen molar-refractivity contribution in [3.63, 3.8) is 0 Å². The van der Waals surface area contributed by atoms with Gasteiger partial charge in [0.2, 0.25) is 5.91 Å². The van der Waals surface area contributed by atoms with Crippen molar-refractivity contribution in [2.24, 2.45) is 11.8 Å². The van der Waals surface area contributed by atoms with Gasteiger partial charge in [0, 0.05) is 44.5 Å². The molecule has 3 rings (SSSR count). The summed E-state index contributed by atoms with van der Waals surface area (Å²) in [6, 6.07) is 0. The van der Waals surface area contributed by atoms with Gasteiger partial charge in [-0.1, -0.05) is 19.8 Å². The molecule has 0 bridgehead atoms. The molecule has 1 saturated carbocycles. The molecule has 2 aliphatic rings. The number of carbonyl (C=O) groups is 1. The van der Waals surface area contributed by atoms with E-state index in [1.807, 2.05) is 5.51 Å². The molecule has 1 saturated heterocycles. The SMILES string of the molecule is C[C@@H]1CCC[C@@H](CC(=O)N2CCCN(Cc3cscn3)CC2)C1. The number of nitrogens with zero attached hydrogens (tertiary/aromatic N) is 3. The van der Waals surface area contributed by atoms with Gasteiger partial charge >= 0.3 is 0 Å². The lowest BCUT2D eigenvalue weighted by atomic mass is 9.80. The summed E-state index contributed by atoms with van der Waals surface area (Å²) >= 11 is 1.66. The Morgan fingerprint density at radius 1 is 1.26 bits per heavy atom. The van der Waals surface area contributed by atoms with E-state index in [1.54, 1.807) is 11.3 Å². The molecule has 1 aliphatic carbocycles. The first-order valence-electron chi connectivity index (χ1n) is 9.08. The first-order valence-corrected chi connectivity index (χ1v) is 10.0. The molecule has 2 atom stereocenters. The van der Waals surface area contributed by atoms with Crippen LogP contribution in [0.5, 0.6) is 0 Å². The fourth-order valence-corrected chi connectivity index (χ4v) is 4.59. The lowest BCUT2D eigenvalue weighted by molar-refractivity contribution is -0.132. The minimum atomic E-state index is 0.389. The van der Waals surface area contributed by atoms with E-state index in [-0.39, 0.29) is 0 Å². The predicted octanol–water partition coefficient (Wildman–Crippen LogP) is 3.39. The van der Waals surface area contributed by atoms with E-state index in [0.29, 0.717) is 11.8 Å². The normalized spacial score (nSPS) is 26.9. The summed E-state index contributed by atoms with van der Waals surface area (Å²) in [6.45, 7) is 7.11. The Morgan fingerprint density at radius 3 is 2.96 bits per heavy atom. The van der Waals surface area contributed by atoms with Gasteiger partial charge in [-0.3, -0.25) is 9.69 Å². The quantitative estimate of drug-likeness (QED) is 0.846.